The third kappa shape index (κ3) is 1.43. The molecule has 0 N–H and O–H groups in total. The maximum Gasteiger partial charge on any atom is 0.125 e. The van der Waals surface area contributed by atoms with E-state index in [0.29, 0.717) is 11.8 Å². The lowest BCUT2D eigenvalue weighted by molar-refractivity contribution is 0.0597. The highest BCUT2D eigenvalue weighted by Gasteiger charge is 2.61. The molecule has 1 aliphatic carbocycles. The number of methoxy groups -OCH3 is 2. The van der Waals surface area contributed by atoms with Gasteiger partial charge in [0.1, 0.15) is 11.5 Å². The van der Waals surface area contributed by atoms with Crippen LogP contribution in [-0.2, 0) is 4.74 Å². The van der Waals surface area contributed by atoms with E-state index in [0.717, 1.165) is 24.3 Å². The predicted octanol–water partition coefficient (Wildman–Crippen LogP) is 4.19. The summed E-state index contributed by atoms with van der Waals surface area (Å²) >= 11 is 0. The van der Waals surface area contributed by atoms with Crippen molar-refractivity contribution in [3.8, 4) is 11.5 Å². The maximum absolute atomic E-state index is 6.38. The molecule has 0 aromatic heterocycles. The fraction of sp³-hybridized carbons (Fsp3) is 0.556. The van der Waals surface area contributed by atoms with Crippen LogP contribution in [0.15, 0.2) is 23.3 Å². The van der Waals surface area contributed by atoms with E-state index in [1.807, 2.05) is 12.1 Å². The van der Waals surface area contributed by atoms with E-state index >= 15 is 0 Å². The molecule has 3 aliphatic rings. The number of fused-ring (bicyclic) bond motifs is 8. The topological polar surface area (TPSA) is 27.7 Å². The van der Waals surface area contributed by atoms with Crippen LogP contribution >= 0.6 is 0 Å². The second-order valence-electron chi connectivity index (χ2n) is 6.08. The summed E-state index contributed by atoms with van der Waals surface area (Å²) in [6.07, 6.45) is 2.59. The van der Waals surface area contributed by atoms with Crippen molar-refractivity contribution in [2.24, 2.45) is 11.8 Å². The van der Waals surface area contributed by atoms with Crippen LogP contribution in [0.2, 0.25) is 0 Å². The maximum atomic E-state index is 6.38. The molecule has 0 saturated carbocycles. The highest BCUT2D eigenvalue weighted by Crippen LogP contribution is 2.70. The number of ether oxygens (including phenoxy) is 3. The molecule has 3 heteroatoms. The zero-order valence-electron chi connectivity index (χ0n) is 13.1. The first-order valence-electron chi connectivity index (χ1n) is 7.88. The average molecular weight is 286 g/mol. The number of benzene rings is 1. The van der Waals surface area contributed by atoms with Gasteiger partial charge in [-0.05, 0) is 25.0 Å². The molecule has 1 fully saturated rings. The molecule has 1 aromatic rings. The molecule has 0 spiro atoms. The van der Waals surface area contributed by atoms with Crippen molar-refractivity contribution < 1.29 is 14.2 Å². The lowest BCUT2D eigenvalue weighted by atomic mass is 9.58. The summed E-state index contributed by atoms with van der Waals surface area (Å²) in [5.74, 6) is 3.00. The molecule has 2 aliphatic heterocycles. The predicted molar refractivity (Wildman–Crippen MR) is 80.7 cm³/mol. The molecule has 2 heterocycles. The molecule has 1 aromatic carbocycles. The van der Waals surface area contributed by atoms with Crippen LogP contribution in [-0.4, -0.2) is 14.2 Å². The van der Waals surface area contributed by atoms with Crippen molar-refractivity contribution in [3.63, 3.8) is 0 Å². The summed E-state index contributed by atoms with van der Waals surface area (Å²) in [6, 6.07) is 4.01. The van der Waals surface area contributed by atoms with Gasteiger partial charge in [0, 0.05) is 23.0 Å². The first-order valence-corrected chi connectivity index (χ1v) is 7.88. The molecule has 3 nitrogen and oxygen atoms in total. The number of hydrogen-bond donors (Lipinski definition) is 0. The third-order valence-corrected chi connectivity index (χ3v) is 5.53. The van der Waals surface area contributed by atoms with Crippen molar-refractivity contribution in [1.29, 1.82) is 0 Å². The van der Waals surface area contributed by atoms with E-state index in [1.54, 1.807) is 25.4 Å². The molecule has 112 valence electrons. The normalized spacial score (nSPS) is 31.8. The second-order valence-corrected chi connectivity index (χ2v) is 6.08. The van der Waals surface area contributed by atoms with Crippen LogP contribution in [0.5, 0.6) is 11.5 Å². The Bertz CT molecular complexity index is 579. The Hall–Kier alpha value is -1.48. The fourth-order valence-electron chi connectivity index (χ4n) is 4.79. The second kappa shape index (κ2) is 4.51. The van der Waals surface area contributed by atoms with Crippen molar-refractivity contribution in [1.82, 2.24) is 0 Å². The summed E-state index contributed by atoms with van der Waals surface area (Å²) in [4.78, 5) is 0. The number of hydrogen-bond acceptors (Lipinski definition) is 3. The SMILES string of the molecule is CCC1=C(CC)[C@H]2[C@@H]1[C@H]1O[C@@H]2c2c(OC)ccc(OC)c21. The molecule has 0 amide bonds. The largest absolute Gasteiger partial charge is 0.496 e. The first-order chi connectivity index (χ1) is 10.3. The van der Waals surface area contributed by atoms with Gasteiger partial charge in [-0.2, -0.15) is 0 Å². The van der Waals surface area contributed by atoms with E-state index < -0.39 is 0 Å². The number of rotatable bonds is 4. The Morgan fingerprint density at radius 1 is 0.857 bits per heavy atom. The Labute approximate surface area is 125 Å². The van der Waals surface area contributed by atoms with Gasteiger partial charge in [-0.15, -0.1) is 0 Å². The van der Waals surface area contributed by atoms with Crippen molar-refractivity contribution in [3.05, 3.63) is 34.4 Å². The summed E-state index contributed by atoms with van der Waals surface area (Å²) < 4.78 is 17.6. The van der Waals surface area contributed by atoms with Crippen molar-refractivity contribution in [2.45, 2.75) is 38.9 Å². The van der Waals surface area contributed by atoms with Gasteiger partial charge in [0.15, 0.2) is 0 Å². The third-order valence-electron chi connectivity index (χ3n) is 5.53. The van der Waals surface area contributed by atoms with Crippen LogP contribution in [0.3, 0.4) is 0 Å². The summed E-state index contributed by atoms with van der Waals surface area (Å²) in [5.41, 5.74) is 5.68. The van der Waals surface area contributed by atoms with Crippen LogP contribution in [0.1, 0.15) is 50.0 Å². The Morgan fingerprint density at radius 2 is 1.29 bits per heavy atom. The van der Waals surface area contributed by atoms with Gasteiger partial charge in [0.05, 0.1) is 26.4 Å². The van der Waals surface area contributed by atoms with Gasteiger partial charge in [-0.1, -0.05) is 25.0 Å². The van der Waals surface area contributed by atoms with Crippen LogP contribution in [0.4, 0.5) is 0 Å². The minimum absolute atomic E-state index is 0.158. The van der Waals surface area contributed by atoms with Crippen LogP contribution in [0.25, 0.3) is 0 Å². The fourth-order valence-corrected chi connectivity index (χ4v) is 4.79. The van der Waals surface area contributed by atoms with Crippen LogP contribution in [0, 0.1) is 11.8 Å². The molecular formula is C18H22O3. The Balaban J connectivity index is 1.87. The zero-order chi connectivity index (χ0) is 14.7. The first kappa shape index (κ1) is 13.2. The molecule has 4 atom stereocenters. The minimum Gasteiger partial charge on any atom is -0.496 e. The quantitative estimate of drug-likeness (QED) is 0.777. The molecular weight excluding hydrogens is 264 g/mol. The Morgan fingerprint density at radius 3 is 1.62 bits per heavy atom. The average Bonchev–Trinajstić information content (AvgIpc) is 3.01. The van der Waals surface area contributed by atoms with Gasteiger partial charge in [-0.3, -0.25) is 0 Å². The highest BCUT2D eigenvalue weighted by molar-refractivity contribution is 5.59. The molecule has 1 saturated heterocycles. The van der Waals surface area contributed by atoms with Crippen molar-refractivity contribution in [2.75, 3.05) is 14.2 Å². The monoisotopic (exact) mass is 286 g/mol. The van der Waals surface area contributed by atoms with Gasteiger partial charge in [-0.25, -0.2) is 0 Å². The highest BCUT2D eigenvalue weighted by atomic mass is 16.5. The molecule has 0 unspecified atom stereocenters. The lowest BCUT2D eigenvalue weighted by Crippen LogP contribution is -2.35. The standard InChI is InChI=1S/C18H22O3/c1-5-9-10(6-2)14-13(9)17-15-11(19-3)7-8-12(20-4)16(15)18(14)21-17/h7-8,13-14,17-18H,5-6H2,1-4H3/t13-,14+,17-,18+. The lowest BCUT2D eigenvalue weighted by Gasteiger charge is -2.43. The van der Waals surface area contributed by atoms with E-state index in [1.165, 1.54) is 11.1 Å². The molecule has 4 rings (SSSR count). The van der Waals surface area contributed by atoms with Crippen LogP contribution < -0.4 is 9.47 Å². The van der Waals surface area contributed by atoms with Gasteiger partial charge >= 0.3 is 0 Å². The van der Waals surface area contributed by atoms with Crippen molar-refractivity contribution >= 4 is 0 Å². The Kier molecular flexibility index (Phi) is 2.83. The van der Waals surface area contributed by atoms with Gasteiger partial charge in [0.25, 0.3) is 0 Å². The zero-order valence-corrected chi connectivity index (χ0v) is 13.1. The smallest absolute Gasteiger partial charge is 0.125 e. The molecule has 21 heavy (non-hydrogen) atoms. The summed E-state index contributed by atoms with van der Waals surface area (Å²) in [7, 11) is 3.47. The van der Waals surface area contributed by atoms with E-state index in [4.69, 9.17) is 14.2 Å². The minimum atomic E-state index is 0.158. The molecule has 0 radical (unpaired) electrons. The van der Waals surface area contributed by atoms with E-state index in [2.05, 4.69) is 13.8 Å². The summed E-state index contributed by atoms with van der Waals surface area (Å²) in [6.45, 7) is 4.52. The summed E-state index contributed by atoms with van der Waals surface area (Å²) in [5, 5.41) is 0. The van der Waals surface area contributed by atoms with E-state index in [9.17, 15) is 0 Å². The van der Waals surface area contributed by atoms with E-state index in [-0.39, 0.29) is 12.2 Å². The molecule has 2 bridgehead atoms. The van der Waals surface area contributed by atoms with Gasteiger partial charge in [0.2, 0.25) is 0 Å². The van der Waals surface area contributed by atoms with Gasteiger partial charge < -0.3 is 14.2 Å².